The molecule has 2 aromatic rings. The van der Waals surface area contributed by atoms with E-state index in [9.17, 15) is 13.2 Å². The smallest absolute Gasteiger partial charge is 0.418 e. The van der Waals surface area contributed by atoms with Crippen LogP contribution in [0.25, 0.3) is 11.5 Å². The Bertz CT molecular complexity index is 507. The average molecular weight is 229 g/mol. The second-order valence-electron chi connectivity index (χ2n) is 2.96. The first-order valence-corrected chi connectivity index (χ1v) is 4.22. The van der Waals surface area contributed by atoms with Gasteiger partial charge in [-0.25, -0.2) is 4.98 Å². The van der Waals surface area contributed by atoms with Crippen LogP contribution in [-0.2, 0) is 6.18 Å². The van der Waals surface area contributed by atoms with Gasteiger partial charge in [-0.3, -0.25) is 4.98 Å². The zero-order valence-electron chi connectivity index (χ0n) is 7.82. The number of nitrogens with two attached hydrogens (primary N) is 1. The van der Waals surface area contributed by atoms with Crippen molar-refractivity contribution in [1.82, 2.24) is 9.97 Å². The minimum absolute atomic E-state index is 0.106. The second kappa shape index (κ2) is 3.51. The molecule has 0 fully saturated rings. The molecule has 2 N–H and O–H groups in total. The van der Waals surface area contributed by atoms with E-state index in [4.69, 9.17) is 10.2 Å². The van der Waals surface area contributed by atoms with Crippen LogP contribution in [0.5, 0.6) is 0 Å². The molecule has 0 unspecified atom stereocenters. The van der Waals surface area contributed by atoms with Gasteiger partial charge in [0.05, 0.1) is 11.8 Å². The fraction of sp³-hybridized carbons (Fsp3) is 0.111. The topological polar surface area (TPSA) is 64.9 Å². The van der Waals surface area contributed by atoms with E-state index < -0.39 is 11.7 Å². The van der Waals surface area contributed by atoms with E-state index in [-0.39, 0.29) is 17.5 Å². The summed E-state index contributed by atoms with van der Waals surface area (Å²) in [5.41, 5.74) is 3.98. The molecule has 0 spiro atoms. The molecule has 0 aromatic carbocycles. The Labute approximate surface area is 87.9 Å². The second-order valence-corrected chi connectivity index (χ2v) is 2.96. The Morgan fingerprint density at radius 3 is 2.56 bits per heavy atom. The highest BCUT2D eigenvalue weighted by Crippen LogP contribution is 2.35. The Morgan fingerprint density at radius 2 is 2.00 bits per heavy atom. The minimum Gasteiger partial charge on any atom is -0.422 e. The lowest BCUT2D eigenvalue weighted by molar-refractivity contribution is -0.137. The predicted molar refractivity (Wildman–Crippen MR) is 49.1 cm³/mol. The number of aromatic nitrogens is 2. The van der Waals surface area contributed by atoms with Gasteiger partial charge in [-0.1, -0.05) is 0 Å². The van der Waals surface area contributed by atoms with Crippen molar-refractivity contribution in [2.75, 3.05) is 5.73 Å². The molecule has 4 nitrogen and oxygen atoms in total. The highest BCUT2D eigenvalue weighted by atomic mass is 19.4. The monoisotopic (exact) mass is 229 g/mol. The van der Waals surface area contributed by atoms with E-state index in [0.29, 0.717) is 0 Å². The number of alkyl halides is 3. The Morgan fingerprint density at radius 1 is 1.25 bits per heavy atom. The molecule has 0 amide bonds. The van der Waals surface area contributed by atoms with Crippen LogP contribution < -0.4 is 5.73 Å². The summed E-state index contributed by atoms with van der Waals surface area (Å²) in [4.78, 5) is 7.14. The van der Waals surface area contributed by atoms with Gasteiger partial charge in [0.25, 0.3) is 6.01 Å². The third kappa shape index (κ3) is 1.83. The average Bonchev–Trinajstić information content (AvgIpc) is 2.64. The van der Waals surface area contributed by atoms with Gasteiger partial charge in [0.15, 0.2) is 5.76 Å². The summed E-state index contributed by atoms with van der Waals surface area (Å²) in [7, 11) is 0. The first-order valence-electron chi connectivity index (χ1n) is 4.22. The number of nitrogen functional groups attached to an aromatic ring is 1. The van der Waals surface area contributed by atoms with Gasteiger partial charge >= 0.3 is 6.18 Å². The molecule has 16 heavy (non-hydrogen) atoms. The zero-order valence-corrected chi connectivity index (χ0v) is 7.82. The molecule has 0 bridgehead atoms. The minimum atomic E-state index is -4.49. The van der Waals surface area contributed by atoms with Crippen molar-refractivity contribution < 1.29 is 17.6 Å². The van der Waals surface area contributed by atoms with Crippen LogP contribution >= 0.6 is 0 Å². The van der Waals surface area contributed by atoms with Gasteiger partial charge in [-0.15, -0.1) is 0 Å². The van der Waals surface area contributed by atoms with E-state index in [1.165, 1.54) is 12.3 Å². The van der Waals surface area contributed by atoms with Crippen LogP contribution in [0.1, 0.15) is 5.56 Å². The molecule has 0 atom stereocenters. The summed E-state index contributed by atoms with van der Waals surface area (Å²) < 4.78 is 42.6. The lowest BCUT2D eigenvalue weighted by Gasteiger charge is -2.08. The molecule has 0 saturated carbocycles. The molecule has 2 heterocycles. The van der Waals surface area contributed by atoms with E-state index in [2.05, 4.69) is 9.97 Å². The summed E-state index contributed by atoms with van der Waals surface area (Å²) >= 11 is 0. The maximum atomic E-state index is 12.6. The lowest BCUT2D eigenvalue weighted by atomic mass is 10.1. The fourth-order valence-corrected chi connectivity index (χ4v) is 1.23. The molecule has 7 heteroatoms. The van der Waals surface area contributed by atoms with Crippen LogP contribution in [0.4, 0.5) is 19.2 Å². The molecule has 84 valence electrons. The molecule has 0 aliphatic carbocycles. The normalized spacial score (nSPS) is 11.7. The number of pyridine rings is 1. The van der Waals surface area contributed by atoms with Crippen molar-refractivity contribution in [1.29, 1.82) is 0 Å². The maximum absolute atomic E-state index is 12.6. The van der Waals surface area contributed by atoms with Gasteiger partial charge in [0, 0.05) is 6.20 Å². The SMILES string of the molecule is Nc1ncc(-c2ncccc2C(F)(F)F)o1. The largest absolute Gasteiger partial charge is 0.422 e. The summed E-state index contributed by atoms with van der Waals surface area (Å²) in [6.07, 6.45) is -2.15. The quantitative estimate of drug-likeness (QED) is 0.815. The molecule has 0 aliphatic heterocycles. The van der Waals surface area contributed by atoms with Crippen LogP contribution in [-0.4, -0.2) is 9.97 Å². The number of hydrogen-bond acceptors (Lipinski definition) is 4. The summed E-state index contributed by atoms with van der Waals surface area (Å²) in [6, 6.07) is 1.92. The number of hydrogen-bond donors (Lipinski definition) is 1. The molecule has 0 aliphatic rings. The predicted octanol–water partition coefficient (Wildman–Crippen LogP) is 2.34. The van der Waals surface area contributed by atoms with Gasteiger partial charge in [0.1, 0.15) is 5.69 Å². The van der Waals surface area contributed by atoms with Gasteiger partial charge in [-0.05, 0) is 12.1 Å². The Hall–Kier alpha value is -2.05. The molecule has 0 radical (unpaired) electrons. The van der Waals surface area contributed by atoms with Crippen molar-refractivity contribution in [2.24, 2.45) is 0 Å². The van der Waals surface area contributed by atoms with Crippen LogP contribution in [0.15, 0.2) is 28.9 Å². The Balaban J connectivity index is 2.57. The van der Waals surface area contributed by atoms with E-state index >= 15 is 0 Å². The standard InChI is InChI=1S/C9H6F3N3O/c10-9(11,12)5-2-1-3-14-7(5)6-4-15-8(13)16-6/h1-4H,(H2,13,15). The number of rotatable bonds is 1. The molecule has 2 rings (SSSR count). The third-order valence-corrected chi connectivity index (χ3v) is 1.87. The summed E-state index contributed by atoms with van der Waals surface area (Å²) in [6.45, 7) is 0. The van der Waals surface area contributed by atoms with E-state index in [1.54, 1.807) is 0 Å². The van der Waals surface area contributed by atoms with Crippen LogP contribution in [0.2, 0.25) is 0 Å². The number of halogens is 3. The van der Waals surface area contributed by atoms with Gasteiger partial charge < -0.3 is 10.2 Å². The van der Waals surface area contributed by atoms with Crippen molar-refractivity contribution in [2.45, 2.75) is 6.18 Å². The third-order valence-electron chi connectivity index (χ3n) is 1.87. The number of oxazole rings is 1. The van der Waals surface area contributed by atoms with Crippen molar-refractivity contribution in [3.63, 3.8) is 0 Å². The van der Waals surface area contributed by atoms with E-state index in [1.807, 2.05) is 0 Å². The lowest BCUT2D eigenvalue weighted by Crippen LogP contribution is -2.07. The van der Waals surface area contributed by atoms with E-state index in [0.717, 1.165) is 12.3 Å². The van der Waals surface area contributed by atoms with Gasteiger partial charge in [-0.2, -0.15) is 13.2 Å². The maximum Gasteiger partial charge on any atom is 0.418 e. The summed E-state index contributed by atoms with van der Waals surface area (Å²) in [5.74, 6) is -0.106. The summed E-state index contributed by atoms with van der Waals surface area (Å²) in [5, 5.41) is 0. The van der Waals surface area contributed by atoms with Crippen molar-refractivity contribution >= 4 is 6.01 Å². The highest BCUT2D eigenvalue weighted by molar-refractivity contribution is 5.57. The first-order chi connectivity index (χ1) is 7.48. The highest BCUT2D eigenvalue weighted by Gasteiger charge is 2.35. The first kappa shape index (κ1) is 10.5. The number of anilines is 1. The van der Waals surface area contributed by atoms with Crippen molar-refractivity contribution in [3.8, 4) is 11.5 Å². The van der Waals surface area contributed by atoms with Crippen molar-refractivity contribution in [3.05, 3.63) is 30.1 Å². The van der Waals surface area contributed by atoms with Gasteiger partial charge in [0.2, 0.25) is 0 Å². The van der Waals surface area contributed by atoms with Crippen LogP contribution in [0.3, 0.4) is 0 Å². The fourth-order valence-electron chi connectivity index (χ4n) is 1.23. The van der Waals surface area contributed by atoms with Crippen LogP contribution in [0, 0.1) is 0 Å². The Kier molecular flexibility index (Phi) is 2.30. The zero-order chi connectivity index (χ0) is 11.8. The molecular weight excluding hydrogens is 223 g/mol. The number of nitrogens with zero attached hydrogens (tertiary/aromatic N) is 2. The molecule has 0 saturated heterocycles. The molecule has 2 aromatic heterocycles. The molecular formula is C9H6F3N3O.